The summed E-state index contributed by atoms with van der Waals surface area (Å²) in [6, 6.07) is 18.2. The van der Waals surface area contributed by atoms with Crippen LogP contribution < -0.4 is 5.32 Å². The van der Waals surface area contributed by atoms with Gasteiger partial charge < -0.3 is 14.8 Å². The number of hydrogen-bond acceptors (Lipinski definition) is 6. The molecule has 0 saturated carbocycles. The van der Waals surface area contributed by atoms with Crippen LogP contribution in [0, 0.1) is 0 Å². The van der Waals surface area contributed by atoms with E-state index in [1.54, 1.807) is 43.5 Å². The summed E-state index contributed by atoms with van der Waals surface area (Å²) in [5, 5.41) is 3.59. The summed E-state index contributed by atoms with van der Waals surface area (Å²) < 4.78 is 10.9. The van der Waals surface area contributed by atoms with Crippen LogP contribution in [0.25, 0.3) is 0 Å². The average Bonchev–Trinajstić information content (AvgIpc) is 2.93. The van der Waals surface area contributed by atoms with Gasteiger partial charge in [-0.25, -0.2) is 9.59 Å². The van der Waals surface area contributed by atoms with Crippen LogP contribution in [-0.2, 0) is 32.3 Å². The normalized spacial score (nSPS) is 15.1. The number of allylic oxidation sites excluding steroid dienone is 1. The number of aromatic nitrogens is 1. The van der Waals surface area contributed by atoms with Crippen molar-refractivity contribution in [3.05, 3.63) is 111 Å². The van der Waals surface area contributed by atoms with Crippen LogP contribution in [0.3, 0.4) is 0 Å². The van der Waals surface area contributed by atoms with Gasteiger partial charge in [-0.15, -0.1) is 0 Å². The van der Waals surface area contributed by atoms with Crippen LogP contribution >= 0.6 is 23.2 Å². The van der Waals surface area contributed by atoms with Gasteiger partial charge in [-0.2, -0.15) is 0 Å². The zero-order valence-corrected chi connectivity index (χ0v) is 22.7. The SMILES string of the molecule is CC1=C(C(=O)OCc2ccccc2)C(c2ccc(Cl)cc2Cl)NC(=O)N1CCCC(=O)OCc1ccccn1. The molecule has 4 rings (SSSR count). The van der Waals surface area contributed by atoms with E-state index in [0.29, 0.717) is 33.4 Å². The van der Waals surface area contributed by atoms with Crippen molar-refractivity contribution >= 4 is 41.2 Å². The van der Waals surface area contributed by atoms with E-state index >= 15 is 0 Å². The molecule has 1 aliphatic heterocycles. The number of nitrogens with one attached hydrogen (secondary N) is 1. The maximum Gasteiger partial charge on any atom is 0.338 e. The number of benzene rings is 2. The molecule has 0 fully saturated rings. The lowest BCUT2D eigenvalue weighted by Crippen LogP contribution is -2.48. The molecule has 8 nitrogen and oxygen atoms in total. The van der Waals surface area contributed by atoms with Crippen molar-refractivity contribution in [1.82, 2.24) is 15.2 Å². The Balaban J connectivity index is 1.49. The Kier molecular flexibility index (Phi) is 9.57. The van der Waals surface area contributed by atoms with Gasteiger partial charge in [-0.05, 0) is 48.7 Å². The lowest BCUT2D eigenvalue weighted by atomic mass is 9.94. The van der Waals surface area contributed by atoms with E-state index in [2.05, 4.69) is 10.3 Å². The summed E-state index contributed by atoms with van der Waals surface area (Å²) in [4.78, 5) is 44.3. The van der Waals surface area contributed by atoms with Crippen molar-refractivity contribution in [3.63, 3.8) is 0 Å². The van der Waals surface area contributed by atoms with Crippen LogP contribution in [0.1, 0.15) is 42.6 Å². The summed E-state index contributed by atoms with van der Waals surface area (Å²) in [7, 11) is 0. The Bertz CT molecular complexity index is 1370. The lowest BCUT2D eigenvalue weighted by molar-refractivity contribution is -0.145. The van der Waals surface area contributed by atoms with Crippen LogP contribution in [-0.4, -0.2) is 34.4 Å². The van der Waals surface area contributed by atoms with Crippen molar-refractivity contribution in [3.8, 4) is 0 Å². The van der Waals surface area contributed by atoms with Crippen molar-refractivity contribution in [2.45, 2.75) is 39.0 Å². The van der Waals surface area contributed by atoms with Gasteiger partial charge in [-0.3, -0.25) is 14.7 Å². The first-order valence-corrected chi connectivity index (χ1v) is 13.1. The molecular formula is C29H27Cl2N3O5. The van der Waals surface area contributed by atoms with E-state index in [-0.39, 0.29) is 31.8 Å². The highest BCUT2D eigenvalue weighted by Gasteiger charge is 2.37. The predicted molar refractivity (Wildman–Crippen MR) is 147 cm³/mol. The zero-order chi connectivity index (χ0) is 27.8. The molecule has 0 bridgehead atoms. The number of rotatable bonds is 10. The standard InChI is InChI=1S/C29H27Cl2N3O5/c1-19-26(28(36)39-17-20-8-3-2-4-9-20)27(23-13-12-21(30)16-24(23)31)33-29(37)34(19)15-7-11-25(35)38-18-22-10-5-6-14-32-22/h2-6,8-10,12-14,16,27H,7,11,15,17-18H2,1H3,(H,33,37). The second kappa shape index (κ2) is 13.3. The fraction of sp³-hybridized carbons (Fsp3) is 0.241. The summed E-state index contributed by atoms with van der Waals surface area (Å²) in [6.45, 7) is 2.00. The van der Waals surface area contributed by atoms with Gasteiger partial charge in [0.05, 0.1) is 17.3 Å². The van der Waals surface area contributed by atoms with Crippen LogP contribution in [0.15, 0.2) is 84.2 Å². The third-order valence-corrected chi connectivity index (χ3v) is 6.73. The molecule has 0 spiro atoms. The summed E-state index contributed by atoms with van der Waals surface area (Å²) in [6.07, 6.45) is 2.04. The van der Waals surface area contributed by atoms with Crippen molar-refractivity contribution < 1.29 is 23.9 Å². The minimum absolute atomic E-state index is 0.0631. The quantitative estimate of drug-likeness (QED) is 0.302. The smallest absolute Gasteiger partial charge is 0.338 e. The molecule has 0 radical (unpaired) electrons. The average molecular weight is 568 g/mol. The molecule has 3 aromatic rings. The Morgan fingerprint density at radius 2 is 1.77 bits per heavy atom. The van der Waals surface area contributed by atoms with Crippen LogP contribution in [0.5, 0.6) is 0 Å². The lowest BCUT2D eigenvalue weighted by Gasteiger charge is -2.35. The topological polar surface area (TPSA) is 97.8 Å². The van der Waals surface area contributed by atoms with E-state index in [1.165, 1.54) is 4.90 Å². The monoisotopic (exact) mass is 567 g/mol. The summed E-state index contributed by atoms with van der Waals surface area (Å²) in [5.41, 5.74) is 2.64. The Hall–Kier alpha value is -3.88. The predicted octanol–water partition coefficient (Wildman–Crippen LogP) is 6.00. The Morgan fingerprint density at radius 3 is 2.49 bits per heavy atom. The molecule has 2 amide bonds. The second-order valence-corrected chi connectivity index (χ2v) is 9.69. The third kappa shape index (κ3) is 7.37. The second-order valence-electron chi connectivity index (χ2n) is 8.85. The number of halogens is 2. The number of pyridine rings is 1. The molecule has 2 heterocycles. The molecule has 2 aromatic carbocycles. The molecule has 0 aliphatic carbocycles. The molecule has 1 aliphatic rings. The van der Waals surface area contributed by atoms with Gasteiger partial charge in [0.1, 0.15) is 13.2 Å². The summed E-state index contributed by atoms with van der Waals surface area (Å²) >= 11 is 12.5. The first-order valence-electron chi connectivity index (χ1n) is 12.3. The van der Waals surface area contributed by atoms with E-state index in [4.69, 9.17) is 32.7 Å². The van der Waals surface area contributed by atoms with Gasteiger partial charge in [0, 0.05) is 34.9 Å². The minimum Gasteiger partial charge on any atom is -0.459 e. The first-order chi connectivity index (χ1) is 18.8. The zero-order valence-electron chi connectivity index (χ0n) is 21.2. The summed E-state index contributed by atoms with van der Waals surface area (Å²) in [5.74, 6) is -1.000. The van der Waals surface area contributed by atoms with Gasteiger partial charge in [0.15, 0.2) is 0 Å². The fourth-order valence-electron chi connectivity index (χ4n) is 4.18. The third-order valence-electron chi connectivity index (χ3n) is 6.17. The number of amides is 2. The first kappa shape index (κ1) is 28.1. The molecule has 1 unspecified atom stereocenters. The fourth-order valence-corrected chi connectivity index (χ4v) is 4.69. The highest BCUT2D eigenvalue weighted by Crippen LogP contribution is 2.36. The Labute approximate surface area is 236 Å². The molecule has 202 valence electrons. The van der Waals surface area contributed by atoms with Crippen LogP contribution in [0.2, 0.25) is 10.0 Å². The van der Waals surface area contributed by atoms with E-state index in [9.17, 15) is 14.4 Å². The highest BCUT2D eigenvalue weighted by molar-refractivity contribution is 6.35. The maximum absolute atomic E-state index is 13.4. The van der Waals surface area contributed by atoms with Crippen molar-refractivity contribution in [1.29, 1.82) is 0 Å². The van der Waals surface area contributed by atoms with Gasteiger partial charge in [-0.1, -0.05) is 65.7 Å². The van der Waals surface area contributed by atoms with Gasteiger partial charge >= 0.3 is 18.0 Å². The Morgan fingerprint density at radius 1 is 1.00 bits per heavy atom. The molecular weight excluding hydrogens is 541 g/mol. The molecule has 0 saturated heterocycles. The van der Waals surface area contributed by atoms with Crippen molar-refractivity contribution in [2.75, 3.05) is 6.54 Å². The van der Waals surface area contributed by atoms with Gasteiger partial charge in [0.2, 0.25) is 0 Å². The molecule has 10 heteroatoms. The number of urea groups is 1. The number of nitrogens with zero attached hydrogens (tertiary/aromatic N) is 2. The number of carbonyl (C=O) groups is 3. The van der Waals surface area contributed by atoms with Crippen molar-refractivity contribution in [2.24, 2.45) is 0 Å². The van der Waals surface area contributed by atoms with E-state index in [1.807, 2.05) is 36.4 Å². The minimum atomic E-state index is -0.842. The maximum atomic E-state index is 13.4. The molecule has 1 N–H and O–H groups in total. The van der Waals surface area contributed by atoms with Gasteiger partial charge in [0.25, 0.3) is 0 Å². The molecule has 1 atom stereocenters. The van der Waals surface area contributed by atoms with E-state index < -0.39 is 24.0 Å². The molecule has 39 heavy (non-hydrogen) atoms. The number of esters is 2. The largest absolute Gasteiger partial charge is 0.459 e. The number of hydrogen-bond donors (Lipinski definition) is 1. The van der Waals surface area contributed by atoms with E-state index in [0.717, 1.165) is 5.56 Å². The molecule has 1 aromatic heterocycles. The number of carbonyl (C=O) groups excluding carboxylic acids is 3. The van der Waals surface area contributed by atoms with Crippen LogP contribution in [0.4, 0.5) is 4.79 Å². The number of ether oxygens (including phenoxy) is 2. The highest BCUT2D eigenvalue weighted by atomic mass is 35.5.